The van der Waals surface area contributed by atoms with Crippen LogP contribution in [0.15, 0.2) is 233 Å². The van der Waals surface area contributed by atoms with Gasteiger partial charge in [0.2, 0.25) is 0 Å². The summed E-state index contributed by atoms with van der Waals surface area (Å²) in [5, 5.41) is 6.89. The zero-order valence-corrected chi connectivity index (χ0v) is 33.1. The molecule has 0 aliphatic heterocycles. The number of furan rings is 2. The summed E-state index contributed by atoms with van der Waals surface area (Å²) in [6, 6.07) is 79.7. The third-order valence-corrected chi connectivity index (χ3v) is 12.1. The van der Waals surface area contributed by atoms with E-state index in [0.29, 0.717) is 0 Å². The van der Waals surface area contributed by atoms with Gasteiger partial charge >= 0.3 is 0 Å². The molecule has 3 nitrogen and oxygen atoms in total. The fourth-order valence-corrected chi connectivity index (χ4v) is 9.19. The predicted molar refractivity (Wildman–Crippen MR) is 255 cm³/mol. The molecule has 0 N–H and O–H groups in total. The zero-order chi connectivity index (χ0) is 40.3. The van der Waals surface area contributed by atoms with Gasteiger partial charge < -0.3 is 13.7 Å². The Hall–Kier alpha value is -8.14. The van der Waals surface area contributed by atoms with Crippen LogP contribution in [-0.4, -0.2) is 0 Å². The highest BCUT2D eigenvalue weighted by Gasteiger charge is 2.22. The Kier molecular flexibility index (Phi) is 8.17. The van der Waals surface area contributed by atoms with E-state index in [1.807, 2.05) is 6.07 Å². The van der Waals surface area contributed by atoms with Crippen molar-refractivity contribution in [3.8, 4) is 44.5 Å². The van der Waals surface area contributed by atoms with E-state index in [1.165, 1.54) is 21.9 Å². The molecule has 61 heavy (non-hydrogen) atoms. The van der Waals surface area contributed by atoms with Crippen molar-refractivity contribution in [1.82, 2.24) is 0 Å². The van der Waals surface area contributed by atoms with Crippen molar-refractivity contribution in [2.45, 2.75) is 0 Å². The van der Waals surface area contributed by atoms with Crippen molar-refractivity contribution >= 4 is 71.7 Å². The Morgan fingerprint density at radius 1 is 0.295 bits per heavy atom. The quantitative estimate of drug-likeness (QED) is 0.161. The Bertz CT molecular complexity index is 3560. The van der Waals surface area contributed by atoms with Crippen LogP contribution in [0.5, 0.6) is 0 Å². The molecule has 12 rings (SSSR count). The van der Waals surface area contributed by atoms with Gasteiger partial charge in [-0.2, -0.15) is 0 Å². The van der Waals surface area contributed by atoms with Crippen LogP contribution in [-0.2, 0) is 0 Å². The van der Waals surface area contributed by atoms with Gasteiger partial charge in [-0.3, -0.25) is 0 Å². The van der Waals surface area contributed by atoms with Crippen LogP contribution in [0.25, 0.3) is 99.2 Å². The smallest absolute Gasteiger partial charge is 0.159 e. The van der Waals surface area contributed by atoms with E-state index in [1.54, 1.807) is 0 Å². The topological polar surface area (TPSA) is 29.5 Å². The summed E-state index contributed by atoms with van der Waals surface area (Å²) < 4.78 is 13.4. The van der Waals surface area contributed by atoms with Gasteiger partial charge in [0.05, 0.1) is 5.69 Å². The van der Waals surface area contributed by atoms with Gasteiger partial charge in [-0.05, 0) is 98.2 Å². The molecule has 0 atom stereocenters. The van der Waals surface area contributed by atoms with Gasteiger partial charge in [0.15, 0.2) is 5.58 Å². The average molecular weight is 780 g/mol. The minimum absolute atomic E-state index is 0.843. The molecule has 286 valence electrons. The molecule has 0 unspecified atom stereocenters. The van der Waals surface area contributed by atoms with Crippen molar-refractivity contribution in [2.75, 3.05) is 4.90 Å². The summed E-state index contributed by atoms with van der Waals surface area (Å²) in [5.74, 6) is 0. The van der Waals surface area contributed by atoms with Crippen LogP contribution in [0.1, 0.15) is 0 Å². The normalized spacial score (nSPS) is 11.6. The number of rotatable bonds is 7. The van der Waals surface area contributed by atoms with Crippen molar-refractivity contribution in [3.63, 3.8) is 0 Å². The van der Waals surface area contributed by atoms with Crippen LogP contribution < -0.4 is 4.90 Å². The maximum atomic E-state index is 6.86. The summed E-state index contributed by atoms with van der Waals surface area (Å²) in [4.78, 5) is 2.32. The molecular weight excluding hydrogens is 743 g/mol. The SMILES string of the molecule is c1ccc(-c2cccc3c2oc2ccc(-c4ccc(N(c5ccc(-c6cccc7ccccc67)cc5)c5cccc6c5oc5cccc(-c7ccccc7)c56)cc4)cc23)cc1. The number of fused-ring (bicyclic) bond motifs is 7. The Morgan fingerprint density at radius 3 is 1.62 bits per heavy atom. The number of nitrogens with zero attached hydrogens (tertiary/aromatic N) is 1. The molecule has 2 aromatic heterocycles. The highest BCUT2D eigenvalue weighted by Crippen LogP contribution is 2.45. The van der Waals surface area contributed by atoms with Gasteiger partial charge in [0.25, 0.3) is 0 Å². The Morgan fingerprint density at radius 2 is 0.836 bits per heavy atom. The largest absolute Gasteiger partial charge is 0.455 e. The molecule has 2 heterocycles. The van der Waals surface area contributed by atoms with E-state index >= 15 is 0 Å². The Balaban J connectivity index is 0.987. The van der Waals surface area contributed by atoms with Crippen molar-refractivity contribution in [2.24, 2.45) is 0 Å². The van der Waals surface area contributed by atoms with Gasteiger partial charge in [-0.15, -0.1) is 0 Å². The molecule has 3 heteroatoms. The maximum absolute atomic E-state index is 6.86. The molecule has 0 bridgehead atoms. The van der Waals surface area contributed by atoms with E-state index in [-0.39, 0.29) is 0 Å². The Labute approximate surface area is 353 Å². The predicted octanol–water partition coefficient (Wildman–Crippen LogP) is 16.8. The van der Waals surface area contributed by atoms with Crippen LogP contribution in [0, 0.1) is 0 Å². The fraction of sp³-hybridized carbons (Fsp3) is 0. The maximum Gasteiger partial charge on any atom is 0.159 e. The molecule has 0 saturated carbocycles. The highest BCUT2D eigenvalue weighted by atomic mass is 16.3. The van der Waals surface area contributed by atoms with Crippen LogP contribution >= 0.6 is 0 Å². The molecular formula is C58H37NO2. The minimum Gasteiger partial charge on any atom is -0.455 e. The van der Waals surface area contributed by atoms with Gasteiger partial charge in [-0.1, -0.05) is 176 Å². The van der Waals surface area contributed by atoms with E-state index in [2.05, 4.69) is 223 Å². The molecule has 0 aliphatic carbocycles. The van der Waals surface area contributed by atoms with E-state index in [9.17, 15) is 0 Å². The first-order valence-electron chi connectivity index (χ1n) is 20.7. The van der Waals surface area contributed by atoms with Crippen molar-refractivity contribution in [1.29, 1.82) is 0 Å². The zero-order valence-electron chi connectivity index (χ0n) is 33.1. The number of anilines is 3. The van der Waals surface area contributed by atoms with E-state index < -0.39 is 0 Å². The number of para-hydroxylation sites is 2. The highest BCUT2D eigenvalue weighted by molar-refractivity contribution is 6.16. The molecule has 0 fully saturated rings. The molecule has 0 amide bonds. The number of hydrogen-bond donors (Lipinski definition) is 0. The lowest BCUT2D eigenvalue weighted by Gasteiger charge is -2.26. The lowest BCUT2D eigenvalue weighted by Crippen LogP contribution is -2.10. The second-order valence-electron chi connectivity index (χ2n) is 15.6. The lowest BCUT2D eigenvalue weighted by atomic mass is 9.97. The number of benzene rings is 10. The summed E-state index contributed by atoms with van der Waals surface area (Å²) in [5.41, 5.74) is 15.7. The third kappa shape index (κ3) is 5.90. The monoisotopic (exact) mass is 779 g/mol. The van der Waals surface area contributed by atoms with Crippen LogP contribution in [0.4, 0.5) is 17.1 Å². The standard InChI is InChI=1S/C58H37NO2/c1-3-13-40(14-4-1)48-21-12-26-55-56(48)51-24-11-25-53(58(51)61-55)59(45-34-29-42(30-35-45)47-20-9-18-39-17-7-8-19-46(39)47)44-32-27-38(28-33-44)43-31-36-54-52(37-43)50-23-10-22-49(57(50)60-54)41-15-5-2-6-16-41/h1-37H. The summed E-state index contributed by atoms with van der Waals surface area (Å²) >= 11 is 0. The summed E-state index contributed by atoms with van der Waals surface area (Å²) in [6.45, 7) is 0. The molecule has 10 aromatic carbocycles. The van der Waals surface area contributed by atoms with Gasteiger partial charge in [-0.25, -0.2) is 0 Å². The number of hydrogen-bond acceptors (Lipinski definition) is 3. The second kappa shape index (κ2) is 14.3. The molecule has 0 saturated heterocycles. The summed E-state index contributed by atoms with van der Waals surface area (Å²) in [6.07, 6.45) is 0. The van der Waals surface area contributed by atoms with Gasteiger partial charge in [0, 0.05) is 38.5 Å². The first-order valence-corrected chi connectivity index (χ1v) is 20.7. The lowest BCUT2D eigenvalue weighted by molar-refractivity contribution is 0.669. The van der Waals surface area contributed by atoms with Crippen LogP contribution in [0.2, 0.25) is 0 Å². The minimum atomic E-state index is 0.843. The fourth-order valence-electron chi connectivity index (χ4n) is 9.19. The van der Waals surface area contributed by atoms with E-state index in [4.69, 9.17) is 8.83 Å². The summed E-state index contributed by atoms with van der Waals surface area (Å²) in [7, 11) is 0. The first-order chi connectivity index (χ1) is 30.2. The molecule has 0 spiro atoms. The third-order valence-electron chi connectivity index (χ3n) is 12.1. The second-order valence-corrected chi connectivity index (χ2v) is 15.6. The van der Waals surface area contributed by atoms with Gasteiger partial charge in [0.1, 0.15) is 16.7 Å². The van der Waals surface area contributed by atoms with Crippen LogP contribution in [0.3, 0.4) is 0 Å². The molecule has 12 aromatic rings. The average Bonchev–Trinajstić information content (AvgIpc) is 3.91. The molecule has 0 radical (unpaired) electrons. The van der Waals surface area contributed by atoms with Crippen molar-refractivity contribution in [3.05, 3.63) is 224 Å². The van der Waals surface area contributed by atoms with Crippen molar-refractivity contribution < 1.29 is 8.83 Å². The first kappa shape index (κ1) is 34.9. The molecule has 0 aliphatic rings. The van der Waals surface area contributed by atoms with E-state index in [0.717, 1.165) is 94.3 Å².